The van der Waals surface area contributed by atoms with Crippen LogP contribution in [0.25, 0.3) is 6.08 Å². The highest BCUT2D eigenvalue weighted by Crippen LogP contribution is 2.53. The summed E-state index contributed by atoms with van der Waals surface area (Å²) in [7, 11) is 5.80. The van der Waals surface area contributed by atoms with E-state index in [0.29, 0.717) is 22.6 Å². The third-order valence-corrected chi connectivity index (χ3v) is 7.11. The summed E-state index contributed by atoms with van der Waals surface area (Å²) < 4.78 is 34.3. The molecule has 0 saturated carbocycles. The van der Waals surface area contributed by atoms with Crippen LogP contribution in [-0.2, 0) is 0 Å². The third-order valence-electron chi connectivity index (χ3n) is 7.11. The lowest BCUT2D eigenvalue weighted by atomic mass is 9.90. The lowest BCUT2D eigenvalue weighted by Gasteiger charge is -2.26. The highest BCUT2D eigenvalue weighted by Gasteiger charge is 2.39. The molecular formula is C31H36O11. The largest absolute Gasteiger partial charge is 0.504 e. The van der Waals surface area contributed by atoms with Crippen molar-refractivity contribution in [3.63, 3.8) is 0 Å². The summed E-state index contributed by atoms with van der Waals surface area (Å²) in [6.07, 6.45) is 0.275. The zero-order valence-electron chi connectivity index (χ0n) is 23.8. The first-order valence-corrected chi connectivity index (χ1v) is 13.2. The molecule has 1 aliphatic heterocycles. The molecule has 3 aromatic carbocycles. The fourth-order valence-corrected chi connectivity index (χ4v) is 4.98. The van der Waals surface area contributed by atoms with Gasteiger partial charge in [-0.15, -0.1) is 0 Å². The SMILES string of the molecule is COc1cc([C@@H](O)[C@H](CO)Oc2c(OC)cc([C@H]3Oc4c(OC)cc(C=CCO)cc4[C@H]3CO)cc2OC)ccc1O. The molecule has 0 radical (unpaired) electrons. The summed E-state index contributed by atoms with van der Waals surface area (Å²) in [5.74, 6) is 1.20. The van der Waals surface area contributed by atoms with Crippen LogP contribution in [0, 0.1) is 0 Å². The molecule has 42 heavy (non-hydrogen) atoms. The smallest absolute Gasteiger partial charge is 0.204 e. The van der Waals surface area contributed by atoms with Crippen LogP contribution in [0.5, 0.6) is 40.2 Å². The Morgan fingerprint density at radius 2 is 1.52 bits per heavy atom. The van der Waals surface area contributed by atoms with Gasteiger partial charge in [-0.05, 0) is 47.5 Å². The molecule has 5 N–H and O–H groups in total. The predicted octanol–water partition coefficient (Wildman–Crippen LogP) is 3.12. The van der Waals surface area contributed by atoms with Crippen LogP contribution in [0.3, 0.4) is 0 Å². The van der Waals surface area contributed by atoms with E-state index >= 15 is 0 Å². The number of aliphatic hydroxyl groups is 4. The molecule has 3 aromatic rings. The summed E-state index contributed by atoms with van der Waals surface area (Å²) >= 11 is 0. The molecule has 4 rings (SSSR count). The molecule has 0 fully saturated rings. The lowest BCUT2D eigenvalue weighted by Crippen LogP contribution is -2.29. The van der Waals surface area contributed by atoms with E-state index in [1.54, 1.807) is 30.4 Å². The minimum absolute atomic E-state index is 0.0956. The molecule has 1 aliphatic rings. The molecule has 11 heteroatoms. The Bertz CT molecular complexity index is 1380. The van der Waals surface area contributed by atoms with E-state index in [1.807, 2.05) is 6.07 Å². The fraction of sp³-hybridized carbons (Fsp3) is 0.355. The van der Waals surface area contributed by atoms with Crippen molar-refractivity contribution < 1.29 is 54.0 Å². The van der Waals surface area contributed by atoms with Gasteiger partial charge < -0.3 is 54.0 Å². The number of aliphatic hydroxyl groups excluding tert-OH is 4. The van der Waals surface area contributed by atoms with E-state index in [4.69, 9.17) is 28.4 Å². The number of methoxy groups -OCH3 is 4. The van der Waals surface area contributed by atoms with Gasteiger partial charge in [-0.2, -0.15) is 0 Å². The quantitative estimate of drug-likeness (QED) is 0.201. The lowest BCUT2D eigenvalue weighted by molar-refractivity contribution is -0.00180. The number of hydrogen-bond donors (Lipinski definition) is 5. The minimum atomic E-state index is -1.30. The second-order valence-electron chi connectivity index (χ2n) is 9.52. The summed E-state index contributed by atoms with van der Waals surface area (Å²) in [5, 5.41) is 50.6. The van der Waals surface area contributed by atoms with E-state index < -0.39 is 30.8 Å². The first kappa shape index (κ1) is 30.8. The normalized spacial score (nSPS) is 17.3. The molecule has 0 unspecified atom stereocenters. The van der Waals surface area contributed by atoms with Gasteiger partial charge in [0.05, 0.1) is 54.2 Å². The van der Waals surface area contributed by atoms with E-state index in [0.717, 1.165) is 11.1 Å². The monoisotopic (exact) mass is 584 g/mol. The first-order valence-electron chi connectivity index (χ1n) is 13.2. The fourth-order valence-electron chi connectivity index (χ4n) is 4.98. The summed E-state index contributed by atoms with van der Waals surface area (Å²) in [6.45, 7) is -0.905. The number of aromatic hydroxyl groups is 1. The van der Waals surface area contributed by atoms with Crippen LogP contribution in [0.2, 0.25) is 0 Å². The highest BCUT2D eigenvalue weighted by molar-refractivity contribution is 5.63. The number of phenolic OH excluding ortho intramolecular Hbond substituents is 1. The van der Waals surface area contributed by atoms with E-state index in [1.165, 1.54) is 46.6 Å². The van der Waals surface area contributed by atoms with Gasteiger partial charge in [0.15, 0.2) is 40.6 Å². The Balaban J connectivity index is 1.69. The summed E-state index contributed by atoms with van der Waals surface area (Å²) in [4.78, 5) is 0. The van der Waals surface area contributed by atoms with Gasteiger partial charge in [0.2, 0.25) is 5.75 Å². The van der Waals surface area contributed by atoms with Gasteiger partial charge in [0, 0.05) is 11.1 Å². The predicted molar refractivity (Wildman–Crippen MR) is 153 cm³/mol. The van der Waals surface area contributed by atoms with Crippen molar-refractivity contribution in [2.24, 2.45) is 0 Å². The second-order valence-corrected chi connectivity index (χ2v) is 9.52. The third kappa shape index (κ3) is 6.04. The molecule has 0 amide bonds. The number of benzene rings is 3. The molecule has 11 nitrogen and oxygen atoms in total. The Hall–Kier alpha value is -4.16. The number of phenols is 1. The summed E-state index contributed by atoms with van der Waals surface area (Å²) in [6, 6.07) is 11.3. The molecule has 0 saturated heterocycles. The molecule has 0 spiro atoms. The Morgan fingerprint density at radius 3 is 2.10 bits per heavy atom. The van der Waals surface area contributed by atoms with Crippen molar-refractivity contribution >= 4 is 6.08 Å². The van der Waals surface area contributed by atoms with Crippen LogP contribution in [0.1, 0.15) is 40.4 Å². The standard InChI is InChI=1S/C31H36O11/c1-37-23-12-18(7-8-22(23)35)28(36)27(16-34)41-31-25(39-3)13-19(14-26(31)40-4)29-21(15-33)20-10-17(6-5-9-32)11-24(38-2)30(20)42-29/h5-8,10-14,21,27-29,32-36H,9,15-16H2,1-4H3/t21-,27+,28-,29-/m1/s1. The maximum Gasteiger partial charge on any atom is 0.204 e. The van der Waals surface area contributed by atoms with Crippen LogP contribution in [-0.4, -0.2) is 79.9 Å². The zero-order valence-corrected chi connectivity index (χ0v) is 23.8. The van der Waals surface area contributed by atoms with Crippen LogP contribution in [0.4, 0.5) is 0 Å². The highest BCUT2D eigenvalue weighted by atomic mass is 16.6. The number of ether oxygens (including phenoxy) is 6. The van der Waals surface area contributed by atoms with Gasteiger partial charge in [-0.1, -0.05) is 18.2 Å². The molecular weight excluding hydrogens is 548 g/mol. The molecule has 0 aromatic heterocycles. The van der Waals surface area contributed by atoms with Gasteiger partial charge >= 0.3 is 0 Å². The summed E-state index contributed by atoms with van der Waals surface area (Å²) in [5.41, 5.74) is 2.49. The van der Waals surface area contributed by atoms with Gasteiger partial charge in [0.25, 0.3) is 0 Å². The van der Waals surface area contributed by atoms with E-state index in [-0.39, 0.29) is 42.0 Å². The average molecular weight is 585 g/mol. The van der Waals surface area contributed by atoms with E-state index in [9.17, 15) is 25.5 Å². The van der Waals surface area contributed by atoms with Crippen molar-refractivity contribution in [3.05, 3.63) is 70.8 Å². The molecule has 1 heterocycles. The van der Waals surface area contributed by atoms with Crippen LogP contribution < -0.4 is 28.4 Å². The maximum atomic E-state index is 11.0. The number of hydrogen-bond acceptors (Lipinski definition) is 11. The topological polar surface area (TPSA) is 157 Å². The zero-order chi connectivity index (χ0) is 30.4. The molecule has 0 aliphatic carbocycles. The van der Waals surface area contributed by atoms with E-state index in [2.05, 4.69) is 0 Å². The van der Waals surface area contributed by atoms with Gasteiger partial charge in [-0.3, -0.25) is 0 Å². The van der Waals surface area contributed by atoms with Crippen molar-refractivity contribution in [1.29, 1.82) is 0 Å². The Morgan fingerprint density at radius 1 is 0.857 bits per heavy atom. The molecule has 4 atom stereocenters. The molecule has 0 bridgehead atoms. The van der Waals surface area contributed by atoms with Crippen LogP contribution >= 0.6 is 0 Å². The van der Waals surface area contributed by atoms with Crippen molar-refractivity contribution in [2.45, 2.75) is 24.2 Å². The molecule has 226 valence electrons. The van der Waals surface area contributed by atoms with Crippen molar-refractivity contribution in [3.8, 4) is 40.2 Å². The average Bonchev–Trinajstić information content (AvgIpc) is 3.40. The Labute approximate surface area is 243 Å². The van der Waals surface area contributed by atoms with Crippen molar-refractivity contribution in [2.75, 3.05) is 48.3 Å². The minimum Gasteiger partial charge on any atom is -0.504 e. The Kier molecular flexibility index (Phi) is 10.0. The maximum absolute atomic E-state index is 11.0. The second kappa shape index (κ2) is 13.7. The van der Waals surface area contributed by atoms with Crippen LogP contribution in [0.15, 0.2) is 48.5 Å². The van der Waals surface area contributed by atoms with Gasteiger partial charge in [-0.25, -0.2) is 0 Å². The van der Waals surface area contributed by atoms with Gasteiger partial charge in [0.1, 0.15) is 12.2 Å². The number of rotatable bonds is 13. The first-order chi connectivity index (χ1) is 20.3. The number of fused-ring (bicyclic) bond motifs is 1. The van der Waals surface area contributed by atoms with Crippen molar-refractivity contribution in [1.82, 2.24) is 0 Å².